The lowest BCUT2D eigenvalue weighted by Gasteiger charge is -2.05. The smallest absolute Gasteiger partial charge is 0.416 e. The van der Waals surface area contributed by atoms with Gasteiger partial charge in [-0.2, -0.15) is 18.3 Å². The molecule has 0 aliphatic rings. The second-order valence-corrected chi connectivity index (χ2v) is 5.65. The van der Waals surface area contributed by atoms with E-state index < -0.39 is 11.7 Å². The molecule has 3 rings (SSSR count). The normalized spacial score (nSPS) is 12.4. The zero-order valence-electron chi connectivity index (χ0n) is 12.3. The van der Waals surface area contributed by atoms with E-state index in [4.69, 9.17) is 11.6 Å². The van der Waals surface area contributed by atoms with Gasteiger partial charge in [0.15, 0.2) is 5.69 Å². The molecule has 1 heterocycles. The molecule has 0 saturated heterocycles. The first-order chi connectivity index (χ1) is 11.3. The summed E-state index contributed by atoms with van der Waals surface area (Å²) in [6.45, 7) is 1.79. The number of aromatic amines is 1. The van der Waals surface area contributed by atoms with Gasteiger partial charge in [0.2, 0.25) is 5.88 Å². The first-order valence-electron chi connectivity index (χ1n) is 6.85. The highest BCUT2D eigenvalue weighted by molar-refractivity contribution is 6.30. The van der Waals surface area contributed by atoms with E-state index in [9.17, 15) is 18.3 Å². The van der Waals surface area contributed by atoms with Gasteiger partial charge in [0.25, 0.3) is 0 Å². The molecule has 0 saturated carbocycles. The summed E-state index contributed by atoms with van der Waals surface area (Å²) in [5, 5.41) is 18.4. The molecule has 2 aromatic carbocycles. The predicted molar refractivity (Wildman–Crippen MR) is 85.3 cm³/mol. The van der Waals surface area contributed by atoms with E-state index in [2.05, 4.69) is 15.2 Å². The maximum Gasteiger partial charge on any atom is 0.416 e. The monoisotopic (exact) mass is 353 g/mol. The molecule has 24 heavy (non-hydrogen) atoms. The molecule has 8 heteroatoms. The topological polar surface area (TPSA) is 60.7 Å². The van der Waals surface area contributed by atoms with E-state index in [0.717, 1.165) is 17.7 Å². The van der Waals surface area contributed by atoms with Crippen LogP contribution in [0.15, 0.2) is 46.6 Å². The molecule has 3 aromatic rings. The molecular formula is C16H11ClF3N3O. The van der Waals surface area contributed by atoms with Crippen molar-refractivity contribution in [1.29, 1.82) is 0 Å². The molecule has 0 amide bonds. The number of nitrogens with zero attached hydrogens (tertiary/aromatic N) is 2. The molecule has 1 aromatic heterocycles. The van der Waals surface area contributed by atoms with Crippen LogP contribution in [0.5, 0.6) is 5.88 Å². The predicted octanol–water partition coefficient (Wildman–Crippen LogP) is 6.27. The number of halogens is 4. The molecule has 0 fully saturated rings. The van der Waals surface area contributed by atoms with E-state index in [1.807, 2.05) is 0 Å². The van der Waals surface area contributed by atoms with E-state index in [0.29, 0.717) is 16.2 Å². The van der Waals surface area contributed by atoms with Gasteiger partial charge in [0.1, 0.15) is 0 Å². The molecule has 0 unspecified atom stereocenters. The highest BCUT2D eigenvalue weighted by Crippen LogP contribution is 2.40. The second-order valence-electron chi connectivity index (χ2n) is 5.21. The van der Waals surface area contributed by atoms with Crippen LogP contribution in [-0.4, -0.2) is 10.1 Å². The molecule has 2 N–H and O–H groups in total. The highest BCUT2D eigenvalue weighted by atomic mass is 35.5. The van der Waals surface area contributed by atoms with Crippen molar-refractivity contribution in [1.82, 2.24) is 4.98 Å². The van der Waals surface area contributed by atoms with Gasteiger partial charge in [-0.3, -0.25) is 0 Å². The van der Waals surface area contributed by atoms with Crippen molar-refractivity contribution in [2.45, 2.75) is 13.1 Å². The largest absolute Gasteiger partial charge is 0.493 e. The molecule has 0 spiro atoms. The third-order valence-electron chi connectivity index (χ3n) is 3.51. The molecule has 0 atom stereocenters. The molecule has 124 valence electrons. The first kappa shape index (κ1) is 16.3. The number of azo groups is 1. The van der Waals surface area contributed by atoms with Crippen LogP contribution in [0.1, 0.15) is 11.1 Å². The van der Waals surface area contributed by atoms with Gasteiger partial charge in [-0.05, 0) is 42.8 Å². The van der Waals surface area contributed by atoms with Crippen LogP contribution >= 0.6 is 11.6 Å². The summed E-state index contributed by atoms with van der Waals surface area (Å²) >= 11 is 5.89. The fourth-order valence-corrected chi connectivity index (χ4v) is 2.40. The maximum atomic E-state index is 12.9. The number of aromatic nitrogens is 1. The van der Waals surface area contributed by atoms with Gasteiger partial charge < -0.3 is 10.1 Å². The molecule has 0 radical (unpaired) electrons. The Kier molecular flexibility index (Phi) is 3.96. The van der Waals surface area contributed by atoms with E-state index in [1.165, 1.54) is 6.07 Å². The van der Waals surface area contributed by atoms with Crippen LogP contribution < -0.4 is 0 Å². The summed E-state index contributed by atoms with van der Waals surface area (Å²) in [4.78, 5) is 2.58. The fourth-order valence-electron chi connectivity index (χ4n) is 2.24. The van der Waals surface area contributed by atoms with Crippen molar-refractivity contribution in [2.24, 2.45) is 10.2 Å². The van der Waals surface area contributed by atoms with Crippen LogP contribution in [0.3, 0.4) is 0 Å². The minimum absolute atomic E-state index is 0.0597. The standard InChI is InChI=1S/C16H11ClF3N3O/c1-8-2-4-10(17)7-13(8)22-23-14-11-6-9(16(18,19)20)3-5-12(11)21-15(14)24/h2-7,21,24H,1H3. The zero-order valence-corrected chi connectivity index (χ0v) is 13.1. The zero-order chi connectivity index (χ0) is 17.5. The summed E-state index contributed by atoms with van der Waals surface area (Å²) < 4.78 is 38.6. The number of nitrogens with one attached hydrogen (secondary N) is 1. The lowest BCUT2D eigenvalue weighted by Crippen LogP contribution is -2.03. The summed E-state index contributed by atoms with van der Waals surface area (Å²) in [7, 11) is 0. The Morgan fingerprint density at radius 2 is 1.83 bits per heavy atom. The highest BCUT2D eigenvalue weighted by Gasteiger charge is 2.31. The van der Waals surface area contributed by atoms with Crippen LogP contribution in [0.25, 0.3) is 10.9 Å². The number of fused-ring (bicyclic) bond motifs is 1. The Bertz CT molecular complexity index is 948. The van der Waals surface area contributed by atoms with Crippen molar-refractivity contribution >= 4 is 33.9 Å². The average molecular weight is 354 g/mol. The number of hydrogen-bond donors (Lipinski definition) is 2. The van der Waals surface area contributed by atoms with Crippen LogP contribution in [0.4, 0.5) is 24.5 Å². The van der Waals surface area contributed by atoms with Gasteiger partial charge >= 0.3 is 6.18 Å². The van der Waals surface area contributed by atoms with Crippen LogP contribution in [-0.2, 0) is 6.18 Å². The van der Waals surface area contributed by atoms with Gasteiger partial charge in [0, 0.05) is 10.4 Å². The van der Waals surface area contributed by atoms with E-state index in [1.54, 1.807) is 25.1 Å². The molecule has 0 bridgehead atoms. The third kappa shape index (κ3) is 3.07. The Morgan fingerprint density at radius 3 is 2.54 bits per heavy atom. The SMILES string of the molecule is Cc1ccc(Cl)cc1N=Nc1c(O)[nH]c2ccc(C(F)(F)F)cc12. The quantitative estimate of drug-likeness (QED) is 0.524. The maximum absolute atomic E-state index is 12.9. The van der Waals surface area contributed by atoms with Crippen LogP contribution in [0, 0.1) is 6.92 Å². The number of aryl methyl sites for hydroxylation is 1. The number of hydrogen-bond acceptors (Lipinski definition) is 3. The third-order valence-corrected chi connectivity index (χ3v) is 3.74. The minimum Gasteiger partial charge on any atom is -0.493 e. The lowest BCUT2D eigenvalue weighted by atomic mass is 10.1. The number of H-pyrrole nitrogens is 1. The van der Waals surface area contributed by atoms with Crippen molar-refractivity contribution in [3.63, 3.8) is 0 Å². The number of aromatic hydroxyl groups is 1. The number of benzene rings is 2. The molecule has 4 nitrogen and oxygen atoms in total. The molecule has 0 aliphatic carbocycles. The first-order valence-corrected chi connectivity index (χ1v) is 7.23. The summed E-state index contributed by atoms with van der Waals surface area (Å²) in [5.41, 5.74) is 0.693. The van der Waals surface area contributed by atoms with Gasteiger partial charge in [-0.25, -0.2) is 0 Å². The van der Waals surface area contributed by atoms with Gasteiger partial charge in [0.05, 0.1) is 16.8 Å². The summed E-state index contributed by atoms with van der Waals surface area (Å²) in [6.07, 6.45) is -4.49. The number of alkyl halides is 3. The van der Waals surface area contributed by atoms with E-state index in [-0.39, 0.29) is 17.0 Å². The van der Waals surface area contributed by atoms with Crippen LogP contribution in [0.2, 0.25) is 5.02 Å². The molecule has 0 aliphatic heterocycles. The fraction of sp³-hybridized carbons (Fsp3) is 0.125. The Morgan fingerprint density at radius 1 is 1.08 bits per heavy atom. The van der Waals surface area contributed by atoms with Crippen molar-refractivity contribution in [3.8, 4) is 5.88 Å². The summed E-state index contributed by atoms with van der Waals surface area (Å²) in [5.74, 6) is -0.354. The lowest BCUT2D eigenvalue weighted by molar-refractivity contribution is -0.137. The van der Waals surface area contributed by atoms with Gasteiger partial charge in [-0.15, -0.1) is 5.11 Å². The Hall–Kier alpha value is -2.54. The average Bonchev–Trinajstić information content (AvgIpc) is 2.82. The Balaban J connectivity index is 2.10. The van der Waals surface area contributed by atoms with E-state index >= 15 is 0 Å². The van der Waals surface area contributed by atoms with Crippen molar-refractivity contribution in [3.05, 3.63) is 52.5 Å². The van der Waals surface area contributed by atoms with Gasteiger partial charge in [-0.1, -0.05) is 17.7 Å². The summed E-state index contributed by atoms with van der Waals surface area (Å²) in [6, 6.07) is 8.10. The second kappa shape index (κ2) is 5.83. The molecular weight excluding hydrogens is 343 g/mol. The Labute approximate surface area is 139 Å². The van der Waals surface area contributed by atoms with Crippen molar-refractivity contribution in [2.75, 3.05) is 0 Å². The number of rotatable bonds is 2. The minimum atomic E-state index is -4.49. The van der Waals surface area contributed by atoms with Crippen molar-refractivity contribution < 1.29 is 18.3 Å².